The van der Waals surface area contributed by atoms with Gasteiger partial charge in [-0.05, 0) is 12.1 Å². The van der Waals surface area contributed by atoms with E-state index >= 15 is 0 Å². The minimum atomic E-state index is -4.02. The lowest BCUT2D eigenvalue weighted by Gasteiger charge is -2.20. The number of sulfonamides is 1. The van der Waals surface area contributed by atoms with Crippen molar-refractivity contribution in [2.45, 2.75) is 4.90 Å². The Kier molecular flexibility index (Phi) is 5.76. The summed E-state index contributed by atoms with van der Waals surface area (Å²) in [5.41, 5.74) is 0. The molecule has 1 rings (SSSR count). The summed E-state index contributed by atoms with van der Waals surface area (Å²) in [7, 11) is -4.02. The quantitative estimate of drug-likeness (QED) is 0.644. The average molecular weight is 328 g/mol. The number of hydrogen-bond acceptors (Lipinski definition) is 3. The Morgan fingerprint density at radius 2 is 2.05 bits per heavy atom. The fourth-order valence-corrected chi connectivity index (χ4v) is 3.53. The predicted octanol–water partition coefficient (Wildman–Crippen LogP) is 2.30. The molecular weight excluding hydrogens is 316 g/mol. The molecule has 0 bridgehead atoms. The van der Waals surface area contributed by atoms with Crippen LogP contribution in [-0.4, -0.2) is 37.5 Å². The highest BCUT2D eigenvalue weighted by molar-refractivity contribution is 7.89. The molecule has 0 unspecified atom stereocenters. The number of aliphatic hydroxyl groups is 1. The second kappa shape index (κ2) is 6.67. The van der Waals surface area contributed by atoms with E-state index < -0.39 is 25.8 Å². The van der Waals surface area contributed by atoms with Gasteiger partial charge in [-0.1, -0.05) is 29.3 Å². The molecule has 19 heavy (non-hydrogen) atoms. The van der Waals surface area contributed by atoms with Crippen molar-refractivity contribution in [1.29, 1.82) is 0 Å². The SMILES string of the molecule is C=CCN(CCO)S(=O)(=O)c1ccc(Cl)c(F)c1Cl. The summed E-state index contributed by atoms with van der Waals surface area (Å²) in [6.45, 7) is 2.89. The van der Waals surface area contributed by atoms with Crippen LogP contribution in [0, 0.1) is 5.82 Å². The van der Waals surface area contributed by atoms with E-state index in [0.717, 1.165) is 16.4 Å². The number of rotatable bonds is 6. The van der Waals surface area contributed by atoms with Crippen molar-refractivity contribution in [3.63, 3.8) is 0 Å². The molecule has 0 radical (unpaired) electrons. The monoisotopic (exact) mass is 327 g/mol. The maximum absolute atomic E-state index is 13.5. The van der Waals surface area contributed by atoms with Gasteiger partial charge in [-0.3, -0.25) is 0 Å². The third-order valence-electron chi connectivity index (χ3n) is 2.30. The van der Waals surface area contributed by atoms with Crippen molar-refractivity contribution in [3.8, 4) is 0 Å². The number of hydrogen-bond donors (Lipinski definition) is 1. The van der Waals surface area contributed by atoms with Gasteiger partial charge in [0.1, 0.15) is 4.90 Å². The zero-order valence-corrected chi connectivity index (χ0v) is 12.1. The van der Waals surface area contributed by atoms with E-state index in [9.17, 15) is 12.8 Å². The maximum Gasteiger partial charge on any atom is 0.245 e. The molecule has 0 atom stereocenters. The van der Waals surface area contributed by atoms with Gasteiger partial charge >= 0.3 is 0 Å². The Hall–Kier alpha value is -0.660. The van der Waals surface area contributed by atoms with Gasteiger partial charge in [0, 0.05) is 13.1 Å². The molecule has 0 spiro atoms. The summed E-state index contributed by atoms with van der Waals surface area (Å²) in [5, 5.41) is 8.04. The van der Waals surface area contributed by atoms with E-state index in [2.05, 4.69) is 6.58 Å². The van der Waals surface area contributed by atoms with Crippen molar-refractivity contribution in [1.82, 2.24) is 4.31 Å². The molecule has 1 aromatic rings. The number of nitrogens with zero attached hydrogens (tertiary/aromatic N) is 1. The third kappa shape index (κ3) is 3.46. The fourth-order valence-electron chi connectivity index (χ4n) is 1.41. The summed E-state index contributed by atoms with van der Waals surface area (Å²) in [5.74, 6) is -0.994. The molecule has 0 saturated carbocycles. The van der Waals surface area contributed by atoms with Gasteiger partial charge in [0.05, 0.1) is 16.7 Å². The number of aliphatic hydroxyl groups excluding tert-OH is 1. The van der Waals surface area contributed by atoms with Gasteiger partial charge in [0.25, 0.3) is 0 Å². The van der Waals surface area contributed by atoms with Gasteiger partial charge in [-0.15, -0.1) is 6.58 Å². The van der Waals surface area contributed by atoms with Crippen LogP contribution in [0.4, 0.5) is 4.39 Å². The molecule has 0 aliphatic carbocycles. The highest BCUT2D eigenvalue weighted by Crippen LogP contribution is 2.31. The van der Waals surface area contributed by atoms with Crippen LogP contribution in [0.25, 0.3) is 0 Å². The van der Waals surface area contributed by atoms with Crippen LogP contribution >= 0.6 is 23.2 Å². The van der Waals surface area contributed by atoms with Gasteiger partial charge in [-0.2, -0.15) is 4.31 Å². The number of halogens is 3. The lowest BCUT2D eigenvalue weighted by atomic mass is 10.3. The molecule has 0 saturated heterocycles. The Morgan fingerprint density at radius 3 is 2.58 bits per heavy atom. The first-order chi connectivity index (χ1) is 8.86. The maximum atomic E-state index is 13.5. The van der Waals surface area contributed by atoms with Crippen LogP contribution in [0.15, 0.2) is 29.7 Å². The smallest absolute Gasteiger partial charge is 0.245 e. The molecule has 1 aromatic carbocycles. The van der Waals surface area contributed by atoms with E-state index in [-0.39, 0.29) is 24.7 Å². The summed E-state index contributed by atoms with van der Waals surface area (Å²) < 4.78 is 39.0. The van der Waals surface area contributed by atoms with Crippen molar-refractivity contribution < 1.29 is 17.9 Å². The summed E-state index contributed by atoms with van der Waals surface area (Å²) in [4.78, 5) is -0.397. The van der Waals surface area contributed by atoms with Crippen molar-refractivity contribution >= 4 is 33.2 Å². The molecular formula is C11H12Cl2FNO3S. The van der Waals surface area contributed by atoms with Crippen molar-refractivity contribution in [3.05, 3.63) is 40.7 Å². The van der Waals surface area contributed by atoms with Crippen LogP contribution in [-0.2, 0) is 10.0 Å². The van der Waals surface area contributed by atoms with Crippen LogP contribution in [0.2, 0.25) is 10.0 Å². The standard InChI is InChI=1S/C11H12Cl2FNO3S/c1-2-5-15(6-7-16)19(17,18)9-4-3-8(12)11(14)10(9)13/h2-4,16H,1,5-7H2. The van der Waals surface area contributed by atoms with Crippen molar-refractivity contribution in [2.75, 3.05) is 19.7 Å². The van der Waals surface area contributed by atoms with Crippen molar-refractivity contribution in [2.24, 2.45) is 0 Å². The second-order valence-electron chi connectivity index (χ2n) is 3.55. The van der Waals surface area contributed by atoms with E-state index in [4.69, 9.17) is 28.3 Å². The molecule has 106 valence electrons. The zero-order valence-electron chi connectivity index (χ0n) is 9.81. The van der Waals surface area contributed by atoms with Gasteiger partial charge in [0.2, 0.25) is 10.0 Å². The van der Waals surface area contributed by atoms with E-state index in [0.29, 0.717) is 0 Å². The Balaban J connectivity index is 3.33. The zero-order chi connectivity index (χ0) is 14.6. The Bertz CT molecular complexity index is 578. The first kappa shape index (κ1) is 16.4. The summed E-state index contributed by atoms with van der Waals surface area (Å²) in [6.07, 6.45) is 1.35. The Morgan fingerprint density at radius 1 is 1.42 bits per heavy atom. The predicted molar refractivity (Wildman–Crippen MR) is 72.5 cm³/mol. The summed E-state index contributed by atoms with van der Waals surface area (Å²) in [6, 6.07) is 2.23. The molecule has 4 nitrogen and oxygen atoms in total. The molecule has 1 N–H and O–H groups in total. The highest BCUT2D eigenvalue weighted by Gasteiger charge is 2.27. The molecule has 0 fully saturated rings. The van der Waals surface area contributed by atoms with Gasteiger partial charge < -0.3 is 5.11 Å². The molecule has 0 aliphatic rings. The highest BCUT2D eigenvalue weighted by atomic mass is 35.5. The van der Waals surface area contributed by atoms with Gasteiger partial charge in [-0.25, -0.2) is 12.8 Å². The molecule has 0 amide bonds. The van der Waals surface area contributed by atoms with Gasteiger partial charge in [0.15, 0.2) is 5.82 Å². The minimum absolute atomic E-state index is 0.0243. The third-order valence-corrected chi connectivity index (χ3v) is 4.98. The van der Waals surface area contributed by atoms with E-state index in [1.165, 1.54) is 6.08 Å². The van der Waals surface area contributed by atoms with Crippen LogP contribution in [0.3, 0.4) is 0 Å². The molecule has 8 heteroatoms. The topological polar surface area (TPSA) is 57.6 Å². The fraction of sp³-hybridized carbons (Fsp3) is 0.273. The minimum Gasteiger partial charge on any atom is -0.395 e. The van der Waals surface area contributed by atoms with E-state index in [1.54, 1.807) is 0 Å². The summed E-state index contributed by atoms with van der Waals surface area (Å²) >= 11 is 11.2. The van der Waals surface area contributed by atoms with Crippen LogP contribution < -0.4 is 0 Å². The molecule has 0 aliphatic heterocycles. The first-order valence-electron chi connectivity index (χ1n) is 5.21. The lowest BCUT2D eigenvalue weighted by Crippen LogP contribution is -2.34. The normalized spacial score (nSPS) is 11.8. The Labute approximate surface area is 121 Å². The van der Waals surface area contributed by atoms with Crippen LogP contribution in [0.5, 0.6) is 0 Å². The number of benzene rings is 1. The lowest BCUT2D eigenvalue weighted by molar-refractivity contribution is 0.260. The van der Waals surface area contributed by atoms with E-state index in [1.807, 2.05) is 0 Å². The second-order valence-corrected chi connectivity index (χ2v) is 6.24. The average Bonchev–Trinajstić information content (AvgIpc) is 2.35. The molecule has 0 aromatic heterocycles. The molecule has 0 heterocycles. The first-order valence-corrected chi connectivity index (χ1v) is 7.41. The van der Waals surface area contributed by atoms with Crippen LogP contribution in [0.1, 0.15) is 0 Å². The largest absolute Gasteiger partial charge is 0.395 e.